The molecule has 128 valence electrons. The molecule has 1 saturated carbocycles. The lowest BCUT2D eigenvalue weighted by Gasteiger charge is -2.34. The van der Waals surface area contributed by atoms with Crippen LogP contribution in [-0.4, -0.2) is 36.2 Å². The second-order valence-electron chi connectivity index (χ2n) is 6.26. The Labute approximate surface area is 140 Å². The molecule has 0 unspecified atom stereocenters. The van der Waals surface area contributed by atoms with E-state index in [2.05, 4.69) is 5.32 Å². The number of ether oxygens (including phenoxy) is 2. The minimum atomic E-state index is -1.16. The Morgan fingerprint density at radius 1 is 1.25 bits per heavy atom. The fraction of sp³-hybridized carbons (Fsp3) is 0.444. The highest BCUT2D eigenvalue weighted by molar-refractivity contribution is 6.01. The topological polar surface area (TPSA) is 84.9 Å². The van der Waals surface area contributed by atoms with Crippen LogP contribution < -0.4 is 14.8 Å². The van der Waals surface area contributed by atoms with Gasteiger partial charge in [0.05, 0.1) is 12.7 Å². The molecule has 0 saturated heterocycles. The second kappa shape index (κ2) is 6.55. The van der Waals surface area contributed by atoms with Crippen molar-refractivity contribution < 1.29 is 24.2 Å². The number of hydrogen-bond acceptors (Lipinski definition) is 4. The van der Waals surface area contributed by atoms with Crippen LogP contribution in [0.15, 0.2) is 23.8 Å². The van der Waals surface area contributed by atoms with E-state index in [1.54, 1.807) is 31.4 Å². The summed E-state index contributed by atoms with van der Waals surface area (Å²) in [5, 5.41) is 12.3. The molecule has 0 atom stereocenters. The quantitative estimate of drug-likeness (QED) is 0.885. The van der Waals surface area contributed by atoms with E-state index in [-0.39, 0.29) is 12.5 Å². The van der Waals surface area contributed by atoms with Crippen LogP contribution >= 0.6 is 0 Å². The Bertz CT molecular complexity index is 689. The molecule has 0 bridgehead atoms. The number of carboxylic acid groups (broad SMARTS) is 1. The van der Waals surface area contributed by atoms with E-state index in [1.807, 2.05) is 0 Å². The summed E-state index contributed by atoms with van der Waals surface area (Å²) in [5.41, 5.74) is 0.00546. The molecule has 2 N–H and O–H groups in total. The van der Waals surface area contributed by atoms with Crippen molar-refractivity contribution in [2.45, 2.75) is 37.6 Å². The number of nitrogens with one attached hydrogen (secondary N) is 1. The molecule has 1 aromatic carbocycles. The molecule has 6 heteroatoms. The van der Waals surface area contributed by atoms with Gasteiger partial charge in [-0.25, -0.2) is 4.79 Å². The van der Waals surface area contributed by atoms with Gasteiger partial charge in [0.1, 0.15) is 23.6 Å². The van der Waals surface area contributed by atoms with E-state index in [4.69, 9.17) is 9.47 Å². The number of aliphatic carboxylic acids is 1. The lowest BCUT2D eigenvalue weighted by Crippen LogP contribution is -2.56. The van der Waals surface area contributed by atoms with Crippen LogP contribution in [0.3, 0.4) is 0 Å². The van der Waals surface area contributed by atoms with Crippen molar-refractivity contribution in [1.29, 1.82) is 0 Å². The molecule has 1 aromatic rings. The lowest BCUT2D eigenvalue weighted by atomic mass is 9.81. The zero-order valence-corrected chi connectivity index (χ0v) is 13.6. The smallest absolute Gasteiger partial charge is 0.329 e. The predicted octanol–water partition coefficient (Wildman–Crippen LogP) is 2.37. The average Bonchev–Trinajstić information content (AvgIpc) is 2.61. The normalized spacial score (nSPS) is 18.6. The summed E-state index contributed by atoms with van der Waals surface area (Å²) < 4.78 is 10.8. The van der Waals surface area contributed by atoms with Gasteiger partial charge in [-0.2, -0.15) is 0 Å². The van der Waals surface area contributed by atoms with Crippen molar-refractivity contribution in [1.82, 2.24) is 5.32 Å². The van der Waals surface area contributed by atoms with Gasteiger partial charge in [-0.1, -0.05) is 19.3 Å². The fourth-order valence-electron chi connectivity index (χ4n) is 3.26. The average molecular weight is 331 g/mol. The Morgan fingerprint density at radius 2 is 2.00 bits per heavy atom. The number of carbonyl (C=O) groups excluding carboxylic acids is 1. The minimum Gasteiger partial charge on any atom is -0.497 e. The highest BCUT2D eigenvalue weighted by Gasteiger charge is 2.41. The molecule has 0 radical (unpaired) electrons. The van der Waals surface area contributed by atoms with Crippen LogP contribution in [0.4, 0.5) is 0 Å². The Kier molecular flexibility index (Phi) is 4.46. The summed E-state index contributed by atoms with van der Waals surface area (Å²) in [6.07, 6.45) is 5.28. The summed E-state index contributed by atoms with van der Waals surface area (Å²) in [6.45, 7) is 0.126. The van der Waals surface area contributed by atoms with Gasteiger partial charge >= 0.3 is 5.97 Å². The highest BCUT2D eigenvalue weighted by atomic mass is 16.5. The second-order valence-corrected chi connectivity index (χ2v) is 6.26. The first-order chi connectivity index (χ1) is 11.5. The molecule has 2 aliphatic rings. The van der Waals surface area contributed by atoms with E-state index < -0.39 is 11.5 Å². The first-order valence-corrected chi connectivity index (χ1v) is 8.11. The van der Waals surface area contributed by atoms with E-state index in [0.29, 0.717) is 29.9 Å². The van der Waals surface area contributed by atoms with Crippen molar-refractivity contribution in [2.75, 3.05) is 13.7 Å². The number of methoxy groups -OCH3 is 1. The largest absolute Gasteiger partial charge is 0.497 e. The van der Waals surface area contributed by atoms with Gasteiger partial charge < -0.3 is 19.9 Å². The Morgan fingerprint density at radius 3 is 2.67 bits per heavy atom. The summed E-state index contributed by atoms with van der Waals surface area (Å²) in [6, 6.07) is 5.37. The molecule has 0 spiro atoms. The minimum absolute atomic E-state index is 0.126. The van der Waals surface area contributed by atoms with Gasteiger partial charge in [-0.15, -0.1) is 0 Å². The summed E-state index contributed by atoms with van der Waals surface area (Å²) in [5.74, 6) is 0.00484. The zero-order chi connectivity index (χ0) is 17.2. The number of benzene rings is 1. The molecule has 3 rings (SSSR count). The molecule has 1 aliphatic carbocycles. The highest BCUT2D eigenvalue weighted by Crippen LogP contribution is 2.32. The van der Waals surface area contributed by atoms with Crippen molar-refractivity contribution in [3.8, 4) is 11.5 Å². The number of carboxylic acids is 1. The van der Waals surface area contributed by atoms with Crippen molar-refractivity contribution >= 4 is 18.0 Å². The van der Waals surface area contributed by atoms with E-state index >= 15 is 0 Å². The van der Waals surface area contributed by atoms with Crippen LogP contribution in [0.2, 0.25) is 0 Å². The van der Waals surface area contributed by atoms with E-state index in [0.717, 1.165) is 24.8 Å². The van der Waals surface area contributed by atoms with Crippen molar-refractivity contribution in [2.24, 2.45) is 0 Å². The van der Waals surface area contributed by atoms with Crippen LogP contribution in [0.5, 0.6) is 11.5 Å². The third-order valence-corrected chi connectivity index (χ3v) is 4.69. The van der Waals surface area contributed by atoms with Gasteiger partial charge in [-0.3, -0.25) is 4.79 Å². The van der Waals surface area contributed by atoms with Crippen molar-refractivity contribution in [3.63, 3.8) is 0 Å². The third-order valence-electron chi connectivity index (χ3n) is 4.69. The molecule has 24 heavy (non-hydrogen) atoms. The predicted molar refractivity (Wildman–Crippen MR) is 88.1 cm³/mol. The lowest BCUT2D eigenvalue weighted by molar-refractivity contribution is -0.148. The summed E-state index contributed by atoms with van der Waals surface area (Å²) in [4.78, 5) is 24.3. The zero-order valence-electron chi connectivity index (χ0n) is 13.6. The maximum absolute atomic E-state index is 12.6. The van der Waals surface area contributed by atoms with Crippen LogP contribution in [0, 0.1) is 0 Å². The fourth-order valence-corrected chi connectivity index (χ4v) is 3.26. The van der Waals surface area contributed by atoms with Crippen molar-refractivity contribution in [3.05, 3.63) is 29.3 Å². The molecular formula is C18H21NO5. The van der Waals surface area contributed by atoms with Crippen LogP contribution in [0.1, 0.15) is 37.7 Å². The first-order valence-electron chi connectivity index (χ1n) is 8.11. The molecule has 1 fully saturated rings. The van der Waals surface area contributed by atoms with Gasteiger partial charge in [0.2, 0.25) is 0 Å². The summed E-state index contributed by atoms with van der Waals surface area (Å²) in [7, 11) is 1.57. The number of fused-ring (bicyclic) bond motifs is 1. The van der Waals surface area contributed by atoms with E-state index in [1.165, 1.54) is 0 Å². The number of hydrogen-bond donors (Lipinski definition) is 2. The molecule has 1 aliphatic heterocycles. The van der Waals surface area contributed by atoms with Gasteiger partial charge in [0, 0.05) is 5.56 Å². The van der Waals surface area contributed by atoms with Crippen LogP contribution in [0.25, 0.3) is 6.08 Å². The number of carbonyl (C=O) groups is 2. The van der Waals surface area contributed by atoms with E-state index in [9.17, 15) is 14.7 Å². The van der Waals surface area contributed by atoms with Crippen LogP contribution in [-0.2, 0) is 9.59 Å². The standard InChI is InChI=1S/C18H21NO5/c1-23-14-5-6-15-12(10-14)9-13(11-24-15)16(20)19-18(17(21)22)7-3-2-4-8-18/h5-6,9-10H,2-4,7-8,11H2,1H3,(H,19,20)(H,21,22). The molecule has 0 aromatic heterocycles. The monoisotopic (exact) mass is 331 g/mol. The Balaban J connectivity index is 1.82. The SMILES string of the molecule is COc1ccc2c(c1)C=C(C(=O)NC1(C(=O)O)CCCCC1)CO2. The number of rotatable bonds is 4. The summed E-state index contributed by atoms with van der Waals surface area (Å²) >= 11 is 0. The number of amides is 1. The van der Waals surface area contributed by atoms with Gasteiger partial charge in [-0.05, 0) is 37.1 Å². The van der Waals surface area contributed by atoms with Gasteiger partial charge in [0.25, 0.3) is 5.91 Å². The first kappa shape index (κ1) is 16.4. The molecule has 1 heterocycles. The third kappa shape index (κ3) is 3.09. The van der Waals surface area contributed by atoms with Gasteiger partial charge in [0.15, 0.2) is 0 Å². The molecule has 6 nitrogen and oxygen atoms in total. The molecule has 1 amide bonds. The Hall–Kier alpha value is -2.50. The maximum Gasteiger partial charge on any atom is 0.329 e. The molecular weight excluding hydrogens is 310 g/mol. The maximum atomic E-state index is 12.6.